The van der Waals surface area contributed by atoms with E-state index in [2.05, 4.69) is 0 Å². The number of carbonyl (C=O) groups is 3. The SMILES string of the molecule is CC(C)=CC(=O)O[C@@H]1C2=C(C)C(=O)O[C@]2(O)C=C2C(=O)CC[C@H](C)[C@]21C. The lowest BCUT2D eigenvalue weighted by Gasteiger charge is -2.50. The van der Waals surface area contributed by atoms with Gasteiger partial charge < -0.3 is 14.6 Å². The van der Waals surface area contributed by atoms with Crippen LogP contribution in [-0.4, -0.2) is 34.7 Å². The number of allylic oxidation sites excluding steroid dienone is 1. The van der Waals surface area contributed by atoms with Gasteiger partial charge >= 0.3 is 11.9 Å². The lowest BCUT2D eigenvalue weighted by Crippen LogP contribution is -2.55. The fourth-order valence-corrected chi connectivity index (χ4v) is 4.19. The van der Waals surface area contributed by atoms with Crippen molar-refractivity contribution < 1.29 is 29.0 Å². The summed E-state index contributed by atoms with van der Waals surface area (Å²) in [4.78, 5) is 37.1. The number of hydrogen-bond acceptors (Lipinski definition) is 6. The molecule has 0 bridgehead atoms. The lowest BCUT2D eigenvalue weighted by atomic mass is 9.56. The number of Topliss-reactive ketones (excluding diaryl/α,β-unsaturated/α-hetero) is 1. The molecule has 6 heteroatoms. The summed E-state index contributed by atoms with van der Waals surface area (Å²) in [5.74, 6) is -3.41. The van der Waals surface area contributed by atoms with E-state index in [4.69, 9.17) is 9.47 Å². The molecule has 1 saturated carbocycles. The zero-order chi connectivity index (χ0) is 19.4. The van der Waals surface area contributed by atoms with Crippen LogP contribution in [0, 0.1) is 11.3 Å². The number of rotatable bonds is 2. The first kappa shape index (κ1) is 18.6. The summed E-state index contributed by atoms with van der Waals surface area (Å²) in [5.41, 5.74) is 0.714. The van der Waals surface area contributed by atoms with Gasteiger partial charge in [0.2, 0.25) is 0 Å². The molecular formula is C20H24O6. The predicted octanol–water partition coefficient (Wildman–Crippen LogP) is 2.37. The maximum absolute atomic E-state index is 12.6. The molecule has 140 valence electrons. The van der Waals surface area contributed by atoms with E-state index < -0.39 is 29.2 Å². The second-order valence-electron chi connectivity index (χ2n) is 7.87. The largest absolute Gasteiger partial charge is 0.453 e. The molecule has 1 aliphatic heterocycles. The van der Waals surface area contributed by atoms with Gasteiger partial charge in [-0.05, 0) is 39.2 Å². The van der Waals surface area contributed by atoms with Gasteiger partial charge in [0, 0.05) is 29.1 Å². The van der Waals surface area contributed by atoms with Crippen molar-refractivity contribution in [1.82, 2.24) is 0 Å². The molecule has 0 aromatic rings. The van der Waals surface area contributed by atoms with E-state index in [1.165, 1.54) is 19.1 Å². The van der Waals surface area contributed by atoms with Gasteiger partial charge in [-0.2, -0.15) is 0 Å². The second kappa shape index (κ2) is 5.91. The number of hydrogen-bond donors (Lipinski definition) is 1. The summed E-state index contributed by atoms with van der Waals surface area (Å²) in [6.07, 6.45) is 2.71. The van der Waals surface area contributed by atoms with Crippen LogP contribution in [0.25, 0.3) is 0 Å². The molecule has 0 saturated heterocycles. The van der Waals surface area contributed by atoms with E-state index in [0.717, 1.165) is 5.57 Å². The predicted molar refractivity (Wildman–Crippen MR) is 92.6 cm³/mol. The zero-order valence-electron chi connectivity index (χ0n) is 15.7. The Hall–Kier alpha value is -2.21. The first-order valence-corrected chi connectivity index (χ1v) is 8.79. The van der Waals surface area contributed by atoms with Gasteiger partial charge in [-0.25, -0.2) is 9.59 Å². The third-order valence-corrected chi connectivity index (χ3v) is 5.84. The smallest absolute Gasteiger partial charge is 0.337 e. The third kappa shape index (κ3) is 2.55. The van der Waals surface area contributed by atoms with Crippen molar-refractivity contribution in [1.29, 1.82) is 0 Å². The quantitative estimate of drug-likeness (QED) is 0.601. The van der Waals surface area contributed by atoms with E-state index in [1.807, 2.05) is 13.8 Å². The third-order valence-electron chi connectivity index (χ3n) is 5.84. The van der Waals surface area contributed by atoms with Gasteiger partial charge in [-0.1, -0.05) is 19.4 Å². The number of esters is 2. The maximum Gasteiger partial charge on any atom is 0.337 e. The van der Waals surface area contributed by atoms with Gasteiger partial charge in [-0.3, -0.25) is 4.79 Å². The number of aliphatic hydroxyl groups is 1. The van der Waals surface area contributed by atoms with Crippen LogP contribution in [0.1, 0.15) is 47.5 Å². The Labute approximate surface area is 152 Å². The minimum atomic E-state index is -2.04. The highest BCUT2D eigenvalue weighted by atomic mass is 16.7. The molecule has 1 N–H and O–H groups in total. The molecule has 2 aliphatic carbocycles. The highest BCUT2D eigenvalue weighted by Gasteiger charge is 2.62. The van der Waals surface area contributed by atoms with Crippen LogP contribution in [0.15, 0.2) is 34.4 Å². The monoisotopic (exact) mass is 360 g/mol. The van der Waals surface area contributed by atoms with Crippen molar-refractivity contribution in [2.24, 2.45) is 11.3 Å². The van der Waals surface area contributed by atoms with E-state index in [1.54, 1.807) is 13.8 Å². The standard InChI is InChI=1S/C20H24O6/c1-10(2)8-15(22)25-17-16-12(4)18(23)26-20(16,24)9-13-14(21)7-6-11(3)19(13,17)5/h8-9,11,17,24H,6-7H2,1-5H3/t11-,17+,19+,20+/m0/s1. The number of ether oxygens (including phenoxy) is 2. The van der Waals surface area contributed by atoms with Crippen molar-refractivity contribution in [2.75, 3.05) is 0 Å². The van der Waals surface area contributed by atoms with Crippen LogP contribution in [0.5, 0.6) is 0 Å². The molecule has 4 atom stereocenters. The fraction of sp³-hybridized carbons (Fsp3) is 0.550. The molecule has 3 rings (SSSR count). The van der Waals surface area contributed by atoms with Gasteiger partial charge in [0.1, 0.15) is 6.10 Å². The molecule has 1 fully saturated rings. The average molecular weight is 360 g/mol. The van der Waals surface area contributed by atoms with Gasteiger partial charge in [0.25, 0.3) is 5.79 Å². The van der Waals surface area contributed by atoms with E-state index in [0.29, 0.717) is 18.4 Å². The Morgan fingerprint density at radius 3 is 2.65 bits per heavy atom. The summed E-state index contributed by atoms with van der Waals surface area (Å²) in [6, 6.07) is 0. The van der Waals surface area contributed by atoms with Gasteiger partial charge in [0.15, 0.2) is 5.78 Å². The van der Waals surface area contributed by atoms with Crippen molar-refractivity contribution in [3.63, 3.8) is 0 Å². The van der Waals surface area contributed by atoms with E-state index in [-0.39, 0.29) is 22.8 Å². The minimum absolute atomic E-state index is 0.0107. The Morgan fingerprint density at radius 1 is 1.38 bits per heavy atom. The van der Waals surface area contributed by atoms with Gasteiger partial charge in [-0.15, -0.1) is 0 Å². The molecule has 26 heavy (non-hydrogen) atoms. The summed E-state index contributed by atoms with van der Waals surface area (Å²) in [6.45, 7) is 8.91. The average Bonchev–Trinajstić information content (AvgIpc) is 2.75. The first-order chi connectivity index (χ1) is 12.0. The number of fused-ring (bicyclic) bond motifs is 2. The molecule has 0 aromatic carbocycles. The van der Waals surface area contributed by atoms with Crippen LogP contribution >= 0.6 is 0 Å². The maximum atomic E-state index is 12.6. The second-order valence-corrected chi connectivity index (χ2v) is 7.87. The molecule has 0 unspecified atom stereocenters. The Morgan fingerprint density at radius 2 is 2.04 bits per heavy atom. The van der Waals surface area contributed by atoms with Gasteiger partial charge in [0.05, 0.1) is 5.57 Å². The number of carbonyl (C=O) groups excluding carboxylic acids is 3. The highest BCUT2D eigenvalue weighted by molar-refractivity contribution is 6.00. The lowest BCUT2D eigenvalue weighted by molar-refractivity contribution is -0.178. The van der Waals surface area contributed by atoms with Crippen LogP contribution < -0.4 is 0 Å². The van der Waals surface area contributed by atoms with E-state index in [9.17, 15) is 19.5 Å². The molecule has 6 nitrogen and oxygen atoms in total. The van der Waals surface area contributed by atoms with Crippen LogP contribution in [0.2, 0.25) is 0 Å². The summed E-state index contributed by atoms with van der Waals surface area (Å²) < 4.78 is 10.9. The topological polar surface area (TPSA) is 89.9 Å². The summed E-state index contributed by atoms with van der Waals surface area (Å²) in [5, 5.41) is 10.9. The zero-order valence-corrected chi connectivity index (χ0v) is 15.7. The summed E-state index contributed by atoms with van der Waals surface area (Å²) >= 11 is 0. The molecule has 3 aliphatic rings. The van der Waals surface area contributed by atoms with Crippen molar-refractivity contribution in [3.05, 3.63) is 34.4 Å². The number of ketones is 1. The molecule has 0 spiro atoms. The Balaban J connectivity index is 2.21. The minimum Gasteiger partial charge on any atom is -0.453 e. The molecular weight excluding hydrogens is 336 g/mol. The van der Waals surface area contributed by atoms with Crippen LogP contribution in [0.4, 0.5) is 0 Å². The summed E-state index contributed by atoms with van der Waals surface area (Å²) in [7, 11) is 0. The van der Waals surface area contributed by atoms with Crippen LogP contribution in [-0.2, 0) is 23.9 Å². The van der Waals surface area contributed by atoms with Crippen molar-refractivity contribution in [2.45, 2.75) is 59.4 Å². The molecule has 0 amide bonds. The van der Waals surface area contributed by atoms with E-state index >= 15 is 0 Å². The highest BCUT2D eigenvalue weighted by Crippen LogP contribution is 2.56. The van der Waals surface area contributed by atoms with Crippen molar-refractivity contribution >= 4 is 17.7 Å². The van der Waals surface area contributed by atoms with Crippen LogP contribution in [0.3, 0.4) is 0 Å². The fourth-order valence-electron chi connectivity index (χ4n) is 4.19. The normalized spacial score (nSPS) is 36.0. The molecule has 0 aromatic heterocycles. The Kier molecular flexibility index (Phi) is 4.22. The van der Waals surface area contributed by atoms with Crippen molar-refractivity contribution in [3.8, 4) is 0 Å². The molecule has 0 radical (unpaired) electrons. The first-order valence-electron chi connectivity index (χ1n) is 8.79. The Bertz CT molecular complexity index is 797. The molecule has 1 heterocycles.